The van der Waals surface area contributed by atoms with Crippen LogP contribution in [-0.2, 0) is 34.0 Å². The summed E-state index contributed by atoms with van der Waals surface area (Å²) < 4.78 is 39.0. The quantitative estimate of drug-likeness (QED) is 0.269. The van der Waals surface area contributed by atoms with Crippen molar-refractivity contribution in [3.8, 4) is 0 Å². The van der Waals surface area contributed by atoms with Crippen LogP contribution in [0, 0.1) is 12.3 Å². The smallest absolute Gasteiger partial charge is 0.333 e. The van der Waals surface area contributed by atoms with Crippen LogP contribution in [0.4, 0.5) is 0 Å². The molecule has 12 heteroatoms. The van der Waals surface area contributed by atoms with Crippen molar-refractivity contribution in [2.45, 2.75) is 68.6 Å². The number of fused-ring (bicyclic) bond motifs is 1. The number of ether oxygens (including phenoxy) is 2. The summed E-state index contributed by atoms with van der Waals surface area (Å²) in [6, 6.07) is 4.70. The first-order chi connectivity index (χ1) is 15.0. The van der Waals surface area contributed by atoms with Gasteiger partial charge in [-0.2, -0.15) is 8.42 Å². The van der Waals surface area contributed by atoms with Gasteiger partial charge in [0.25, 0.3) is 10.1 Å². The molecule has 0 unspecified atom stereocenters. The molecule has 2 saturated heterocycles. The molecular formula is C21H30N2O8S2. The molecule has 2 aliphatic rings. The number of esters is 2. The number of nitrogens with two attached hydrogens (primary N) is 1. The highest BCUT2D eigenvalue weighted by Crippen LogP contribution is 2.50. The summed E-state index contributed by atoms with van der Waals surface area (Å²) in [7, 11) is -4.02. The molecule has 0 spiro atoms. The predicted octanol–water partition coefficient (Wildman–Crippen LogP) is 1.71. The highest BCUT2D eigenvalue weighted by Gasteiger charge is 2.63. The first kappa shape index (κ1) is 27.1. The van der Waals surface area contributed by atoms with E-state index in [1.165, 1.54) is 28.8 Å². The van der Waals surface area contributed by atoms with E-state index in [0.717, 1.165) is 5.56 Å². The molecule has 1 amide bonds. The molecule has 2 heterocycles. The molecule has 33 heavy (non-hydrogen) atoms. The van der Waals surface area contributed by atoms with Gasteiger partial charge in [0.15, 0.2) is 0 Å². The maximum atomic E-state index is 12.3. The van der Waals surface area contributed by atoms with Gasteiger partial charge in [-0.05, 0) is 53.7 Å². The number of carbonyl (C=O) groups excluding carboxylic acids is 3. The lowest BCUT2D eigenvalue weighted by atomic mass is 9.96. The van der Waals surface area contributed by atoms with Crippen LogP contribution in [0.25, 0.3) is 0 Å². The Hall–Kier alpha value is -2.15. The van der Waals surface area contributed by atoms with Gasteiger partial charge in [0, 0.05) is 4.75 Å². The number of rotatable bonds is 4. The number of thioether (sulfide) groups is 1. The highest BCUT2D eigenvalue weighted by atomic mass is 32.2. The Morgan fingerprint density at radius 3 is 2.21 bits per heavy atom. The molecule has 3 rings (SSSR count). The van der Waals surface area contributed by atoms with E-state index in [9.17, 15) is 22.8 Å². The van der Waals surface area contributed by atoms with E-state index < -0.39 is 51.1 Å². The summed E-state index contributed by atoms with van der Waals surface area (Å²) >= 11 is 1.48. The van der Waals surface area contributed by atoms with Crippen molar-refractivity contribution in [3.63, 3.8) is 0 Å². The van der Waals surface area contributed by atoms with Crippen LogP contribution in [0.15, 0.2) is 29.2 Å². The summed E-state index contributed by atoms with van der Waals surface area (Å²) in [6.45, 7) is 10.2. The molecule has 0 bridgehead atoms. The van der Waals surface area contributed by atoms with Gasteiger partial charge in [0.05, 0.1) is 10.3 Å². The van der Waals surface area contributed by atoms with E-state index in [1.807, 2.05) is 20.8 Å². The lowest BCUT2D eigenvalue weighted by Gasteiger charge is -2.41. The van der Waals surface area contributed by atoms with Crippen LogP contribution >= 0.6 is 11.8 Å². The molecule has 2 fully saturated rings. The van der Waals surface area contributed by atoms with Crippen LogP contribution in [0.3, 0.4) is 0 Å². The first-order valence-electron chi connectivity index (χ1n) is 10.1. The molecule has 184 valence electrons. The van der Waals surface area contributed by atoms with E-state index in [4.69, 9.17) is 19.8 Å². The van der Waals surface area contributed by atoms with E-state index in [1.54, 1.807) is 32.9 Å². The second kappa shape index (κ2) is 9.61. The molecule has 1 aromatic carbocycles. The Kier molecular flexibility index (Phi) is 7.89. The summed E-state index contributed by atoms with van der Waals surface area (Å²) in [4.78, 5) is 37.1. The normalized spacial score (nSPS) is 23.6. The van der Waals surface area contributed by atoms with Gasteiger partial charge in [-0.3, -0.25) is 14.1 Å². The van der Waals surface area contributed by atoms with Crippen molar-refractivity contribution in [2.75, 3.05) is 6.79 Å². The Balaban J connectivity index is 0.000000294. The Morgan fingerprint density at radius 1 is 1.18 bits per heavy atom. The topological polar surface area (TPSA) is 153 Å². The molecule has 2 aliphatic heterocycles. The number of β-lactam (4-membered cyclic amide) rings is 1. The van der Waals surface area contributed by atoms with Gasteiger partial charge in [0.1, 0.15) is 17.5 Å². The summed E-state index contributed by atoms with van der Waals surface area (Å²) in [5.74, 6) is -1.29. The minimum absolute atomic E-state index is 0.0666. The Labute approximate surface area is 197 Å². The summed E-state index contributed by atoms with van der Waals surface area (Å²) in [5.41, 5.74) is 6.03. The highest BCUT2D eigenvalue weighted by molar-refractivity contribution is 8.01. The Morgan fingerprint density at radius 2 is 1.73 bits per heavy atom. The van der Waals surface area contributed by atoms with Gasteiger partial charge in [-0.25, -0.2) is 4.79 Å². The molecule has 3 atom stereocenters. The molecule has 3 N–H and O–H groups in total. The zero-order valence-electron chi connectivity index (χ0n) is 19.4. The number of hydrogen-bond donors (Lipinski definition) is 2. The third-order valence-electron chi connectivity index (χ3n) is 5.03. The molecule has 1 aromatic rings. The van der Waals surface area contributed by atoms with Crippen LogP contribution in [0.1, 0.15) is 40.2 Å². The molecular weight excluding hydrogens is 472 g/mol. The number of amides is 1. The number of aryl methyl sites for hydroxylation is 1. The van der Waals surface area contributed by atoms with Crippen molar-refractivity contribution in [3.05, 3.63) is 29.8 Å². The zero-order chi connectivity index (χ0) is 25.4. The maximum absolute atomic E-state index is 12.3. The minimum atomic E-state index is -4.02. The van der Waals surface area contributed by atoms with Crippen LogP contribution < -0.4 is 5.73 Å². The second-order valence-corrected chi connectivity index (χ2v) is 12.5. The molecule has 0 aromatic heterocycles. The van der Waals surface area contributed by atoms with Crippen molar-refractivity contribution in [1.29, 1.82) is 0 Å². The van der Waals surface area contributed by atoms with Gasteiger partial charge < -0.3 is 20.1 Å². The molecule has 0 radical (unpaired) electrons. The summed E-state index contributed by atoms with van der Waals surface area (Å²) in [6.07, 6.45) is 0. The maximum Gasteiger partial charge on any atom is 0.333 e. The molecule has 10 nitrogen and oxygen atoms in total. The fraction of sp³-hybridized carbons (Fsp3) is 0.571. The van der Waals surface area contributed by atoms with Gasteiger partial charge in [0.2, 0.25) is 12.7 Å². The van der Waals surface area contributed by atoms with E-state index in [-0.39, 0.29) is 16.2 Å². The fourth-order valence-corrected chi connectivity index (χ4v) is 5.21. The van der Waals surface area contributed by atoms with E-state index in [2.05, 4.69) is 0 Å². The zero-order valence-corrected chi connectivity index (χ0v) is 21.0. The van der Waals surface area contributed by atoms with E-state index >= 15 is 0 Å². The van der Waals surface area contributed by atoms with Crippen LogP contribution in [0.2, 0.25) is 0 Å². The molecule has 0 saturated carbocycles. The lowest BCUT2D eigenvalue weighted by Crippen LogP contribution is -2.68. The number of nitrogens with zero attached hydrogens (tertiary/aromatic N) is 1. The van der Waals surface area contributed by atoms with Crippen LogP contribution in [0.5, 0.6) is 0 Å². The number of carbonyl (C=O) groups is 3. The minimum Gasteiger partial charge on any atom is -0.427 e. The largest absolute Gasteiger partial charge is 0.427 e. The fourth-order valence-electron chi connectivity index (χ4n) is 3.17. The van der Waals surface area contributed by atoms with Gasteiger partial charge >= 0.3 is 11.9 Å². The third-order valence-corrected chi connectivity index (χ3v) is 7.49. The van der Waals surface area contributed by atoms with Crippen LogP contribution in [-0.4, -0.2) is 64.7 Å². The molecule has 0 aliphatic carbocycles. The first-order valence-corrected chi connectivity index (χ1v) is 12.4. The van der Waals surface area contributed by atoms with E-state index in [0.29, 0.717) is 0 Å². The average molecular weight is 503 g/mol. The van der Waals surface area contributed by atoms with Crippen molar-refractivity contribution >= 4 is 39.7 Å². The van der Waals surface area contributed by atoms with Crippen molar-refractivity contribution < 1.29 is 36.8 Å². The standard InChI is InChI=1S/C14H22N2O5S.C7H8O3S/c1-13(2,3)12(19)21-6-20-11(18)8-14(4,5)22-10-7(15)9(17)16(8)10;1-6-2-4-7(5-3-6)11(8,9)10/h7-8,10H,6,15H2,1-5H3;2-5H,1H3,(H,8,9,10)/t7-,8+,10-;/m1./s1. The third kappa shape index (κ3) is 6.25. The Bertz CT molecular complexity index is 1020. The second-order valence-electron chi connectivity index (χ2n) is 9.34. The van der Waals surface area contributed by atoms with Gasteiger partial charge in [-0.1, -0.05) is 17.7 Å². The lowest BCUT2D eigenvalue weighted by molar-refractivity contribution is -0.179. The van der Waals surface area contributed by atoms with Gasteiger partial charge in [-0.15, -0.1) is 11.8 Å². The van der Waals surface area contributed by atoms with Crippen molar-refractivity contribution in [2.24, 2.45) is 11.1 Å². The number of benzene rings is 1. The predicted molar refractivity (Wildman–Crippen MR) is 122 cm³/mol. The monoisotopic (exact) mass is 502 g/mol. The summed E-state index contributed by atoms with van der Waals surface area (Å²) in [5, 5.41) is -0.197. The average Bonchev–Trinajstić information content (AvgIpc) is 2.95. The SMILES string of the molecule is CC(C)(C)C(=O)OCOC(=O)[C@@H]1N2C(=O)[C@@H](N)[C@H]2SC1(C)C.Cc1ccc(S(=O)(=O)O)cc1. The number of hydrogen-bond acceptors (Lipinski definition) is 9. The van der Waals surface area contributed by atoms with Crippen molar-refractivity contribution in [1.82, 2.24) is 4.90 Å².